The zero-order chi connectivity index (χ0) is 21.3. The minimum absolute atomic E-state index is 0.165. The number of hydrogen-bond acceptors (Lipinski definition) is 3. The monoisotopic (exact) mass is 441 g/mol. The molecule has 0 saturated heterocycles. The van der Waals surface area contributed by atoms with E-state index < -0.39 is 0 Å². The van der Waals surface area contributed by atoms with Crippen molar-refractivity contribution in [2.45, 2.75) is 44.7 Å². The number of nitrogens with one attached hydrogen (secondary N) is 2. The van der Waals surface area contributed by atoms with Gasteiger partial charge in [0.1, 0.15) is 0 Å². The summed E-state index contributed by atoms with van der Waals surface area (Å²) in [5.74, 6) is 0. The van der Waals surface area contributed by atoms with Gasteiger partial charge in [0.2, 0.25) is 0 Å². The summed E-state index contributed by atoms with van der Waals surface area (Å²) in [5.41, 5.74) is 5.19. The Balaban J connectivity index is 1.42. The molecule has 0 saturated carbocycles. The SMILES string of the molecule is C=CCN(C)CCCCCc1ccc2c(c1)CC(C(=S)NCc1ccc(Cl)cc1)N2. The molecule has 2 aromatic carbocycles. The van der Waals surface area contributed by atoms with E-state index in [0.717, 1.165) is 42.5 Å². The molecule has 3 nitrogen and oxygen atoms in total. The number of benzene rings is 2. The third-order valence-electron chi connectivity index (χ3n) is 5.57. The van der Waals surface area contributed by atoms with Crippen molar-refractivity contribution in [1.82, 2.24) is 10.2 Å². The number of unbranched alkanes of at least 4 members (excludes halogenated alkanes) is 2. The van der Waals surface area contributed by atoms with E-state index in [1.54, 1.807) is 0 Å². The quantitative estimate of drug-likeness (QED) is 0.268. The summed E-state index contributed by atoms with van der Waals surface area (Å²) in [6, 6.07) is 14.9. The second-order valence-corrected chi connectivity index (χ2v) is 8.97. The van der Waals surface area contributed by atoms with Gasteiger partial charge in [0.05, 0.1) is 11.0 Å². The maximum Gasteiger partial charge on any atom is 0.0985 e. The van der Waals surface area contributed by atoms with Gasteiger partial charge in [0.15, 0.2) is 0 Å². The van der Waals surface area contributed by atoms with E-state index in [1.165, 1.54) is 41.6 Å². The summed E-state index contributed by atoms with van der Waals surface area (Å²) >= 11 is 11.6. The first-order chi connectivity index (χ1) is 14.5. The van der Waals surface area contributed by atoms with Crippen molar-refractivity contribution in [3.05, 3.63) is 76.8 Å². The Morgan fingerprint density at radius 2 is 1.97 bits per heavy atom. The Bertz CT molecular complexity index is 850. The molecule has 1 unspecified atom stereocenters. The molecule has 1 aliphatic rings. The number of anilines is 1. The molecule has 1 atom stereocenters. The Labute approximate surface area is 191 Å². The Morgan fingerprint density at radius 3 is 2.73 bits per heavy atom. The topological polar surface area (TPSA) is 27.3 Å². The lowest BCUT2D eigenvalue weighted by Crippen LogP contribution is -2.36. The van der Waals surface area contributed by atoms with Crippen LogP contribution in [0.25, 0.3) is 0 Å². The van der Waals surface area contributed by atoms with Crippen LogP contribution in [-0.4, -0.2) is 36.1 Å². The minimum Gasteiger partial charge on any atom is -0.375 e. The van der Waals surface area contributed by atoms with E-state index in [2.05, 4.69) is 47.4 Å². The average Bonchev–Trinajstić information content (AvgIpc) is 3.16. The third kappa shape index (κ3) is 6.83. The van der Waals surface area contributed by atoms with Gasteiger partial charge in [-0.2, -0.15) is 0 Å². The first-order valence-electron chi connectivity index (χ1n) is 10.7. The molecule has 0 aliphatic carbocycles. The molecule has 2 N–H and O–H groups in total. The van der Waals surface area contributed by atoms with Crippen LogP contribution in [0.2, 0.25) is 5.02 Å². The highest BCUT2D eigenvalue weighted by Crippen LogP contribution is 2.28. The van der Waals surface area contributed by atoms with Crippen molar-refractivity contribution in [2.24, 2.45) is 0 Å². The smallest absolute Gasteiger partial charge is 0.0985 e. The Hall–Kier alpha value is -1.88. The van der Waals surface area contributed by atoms with Crippen LogP contribution < -0.4 is 10.6 Å². The zero-order valence-electron chi connectivity index (χ0n) is 17.8. The van der Waals surface area contributed by atoms with Crippen molar-refractivity contribution in [2.75, 3.05) is 25.5 Å². The van der Waals surface area contributed by atoms with Gasteiger partial charge in [-0.05, 0) is 67.7 Å². The lowest BCUT2D eigenvalue weighted by molar-refractivity contribution is 0.358. The normalized spacial score (nSPS) is 15.0. The third-order valence-corrected chi connectivity index (χ3v) is 6.25. The zero-order valence-corrected chi connectivity index (χ0v) is 19.4. The summed E-state index contributed by atoms with van der Waals surface area (Å²) in [6.45, 7) is 6.62. The first-order valence-corrected chi connectivity index (χ1v) is 11.5. The fourth-order valence-corrected chi connectivity index (χ4v) is 4.18. The molecule has 0 fully saturated rings. The molecule has 5 heteroatoms. The van der Waals surface area contributed by atoms with E-state index in [-0.39, 0.29) is 6.04 Å². The van der Waals surface area contributed by atoms with Gasteiger partial charge >= 0.3 is 0 Å². The fourth-order valence-electron chi connectivity index (χ4n) is 3.84. The predicted molar refractivity (Wildman–Crippen MR) is 134 cm³/mol. The van der Waals surface area contributed by atoms with Gasteiger partial charge < -0.3 is 15.5 Å². The fraction of sp³-hybridized carbons (Fsp3) is 0.400. The number of aryl methyl sites for hydroxylation is 1. The van der Waals surface area contributed by atoms with Crippen LogP contribution in [0.4, 0.5) is 5.69 Å². The maximum atomic E-state index is 5.95. The van der Waals surface area contributed by atoms with Gasteiger partial charge in [0.25, 0.3) is 0 Å². The van der Waals surface area contributed by atoms with Crippen LogP contribution in [-0.2, 0) is 19.4 Å². The highest BCUT2D eigenvalue weighted by Gasteiger charge is 2.24. The molecular formula is C25H32ClN3S. The summed E-state index contributed by atoms with van der Waals surface area (Å²) in [6.07, 6.45) is 7.79. The number of likely N-dealkylation sites (N-methyl/N-ethyl adjacent to an activating group) is 1. The van der Waals surface area contributed by atoms with Crippen molar-refractivity contribution in [1.29, 1.82) is 0 Å². The molecule has 0 radical (unpaired) electrons. The number of halogens is 1. The van der Waals surface area contributed by atoms with Crippen LogP contribution in [0.1, 0.15) is 36.0 Å². The van der Waals surface area contributed by atoms with E-state index in [4.69, 9.17) is 23.8 Å². The molecule has 2 aromatic rings. The lowest BCUT2D eigenvalue weighted by atomic mass is 10.0. The molecule has 0 bridgehead atoms. The molecule has 3 rings (SSSR count). The molecule has 0 aromatic heterocycles. The van der Waals surface area contributed by atoms with Crippen LogP contribution in [0.5, 0.6) is 0 Å². The van der Waals surface area contributed by atoms with E-state index >= 15 is 0 Å². The highest BCUT2D eigenvalue weighted by molar-refractivity contribution is 7.80. The second-order valence-electron chi connectivity index (χ2n) is 8.10. The van der Waals surface area contributed by atoms with Crippen molar-refractivity contribution in [3.63, 3.8) is 0 Å². The summed E-state index contributed by atoms with van der Waals surface area (Å²) in [4.78, 5) is 3.18. The van der Waals surface area contributed by atoms with E-state index in [9.17, 15) is 0 Å². The van der Waals surface area contributed by atoms with E-state index in [0.29, 0.717) is 0 Å². The number of nitrogens with zero attached hydrogens (tertiary/aromatic N) is 1. The number of rotatable bonds is 11. The van der Waals surface area contributed by atoms with Crippen LogP contribution in [0, 0.1) is 0 Å². The minimum atomic E-state index is 0.165. The van der Waals surface area contributed by atoms with E-state index in [1.807, 2.05) is 30.3 Å². The maximum absolute atomic E-state index is 5.95. The van der Waals surface area contributed by atoms with Crippen LogP contribution >= 0.6 is 23.8 Å². The standard InChI is InChI=1S/C25H32ClN3S/c1-3-14-29(2)15-6-4-5-7-19-10-13-23-21(16-19)17-24(28-23)25(30)27-18-20-8-11-22(26)12-9-20/h3,8-13,16,24,28H,1,4-7,14-15,17-18H2,2H3,(H,27,30). The van der Waals surface area contributed by atoms with Gasteiger partial charge in [-0.15, -0.1) is 6.58 Å². The van der Waals surface area contributed by atoms with Gasteiger partial charge in [0, 0.05) is 30.2 Å². The molecule has 0 amide bonds. The van der Waals surface area contributed by atoms with Crippen molar-refractivity contribution in [3.8, 4) is 0 Å². The lowest BCUT2D eigenvalue weighted by Gasteiger charge is -2.15. The number of thiocarbonyl (C=S) groups is 1. The molecule has 1 aliphatic heterocycles. The predicted octanol–water partition coefficient (Wildman–Crippen LogP) is 5.62. The number of fused-ring (bicyclic) bond motifs is 1. The summed E-state index contributed by atoms with van der Waals surface area (Å²) < 4.78 is 0. The van der Waals surface area contributed by atoms with Gasteiger partial charge in [-0.3, -0.25) is 0 Å². The molecule has 160 valence electrons. The van der Waals surface area contributed by atoms with Crippen molar-refractivity contribution >= 4 is 34.5 Å². The second kappa shape index (κ2) is 11.5. The number of hydrogen-bond donors (Lipinski definition) is 2. The largest absolute Gasteiger partial charge is 0.375 e. The first kappa shape index (κ1) is 22.8. The van der Waals surface area contributed by atoms with Gasteiger partial charge in [-0.1, -0.05) is 60.6 Å². The Morgan fingerprint density at radius 1 is 1.20 bits per heavy atom. The highest BCUT2D eigenvalue weighted by atomic mass is 35.5. The molecule has 0 spiro atoms. The van der Waals surface area contributed by atoms with Gasteiger partial charge in [-0.25, -0.2) is 0 Å². The average molecular weight is 442 g/mol. The van der Waals surface area contributed by atoms with Crippen LogP contribution in [0.3, 0.4) is 0 Å². The summed E-state index contributed by atoms with van der Waals surface area (Å²) in [5, 5.41) is 7.72. The molecule has 30 heavy (non-hydrogen) atoms. The Kier molecular flexibility index (Phi) is 8.74. The summed E-state index contributed by atoms with van der Waals surface area (Å²) in [7, 11) is 2.15. The van der Waals surface area contributed by atoms with Crippen molar-refractivity contribution < 1.29 is 0 Å². The molecule has 1 heterocycles. The molecular weight excluding hydrogens is 410 g/mol. The van der Waals surface area contributed by atoms with Crippen LogP contribution in [0.15, 0.2) is 55.1 Å².